The van der Waals surface area contributed by atoms with Crippen LogP contribution in [-0.2, 0) is 4.79 Å². The molecule has 2 aromatic heterocycles. The van der Waals surface area contributed by atoms with Crippen molar-refractivity contribution in [1.29, 1.82) is 5.26 Å². The molecule has 2 aromatic carbocycles. The molecule has 1 amide bonds. The van der Waals surface area contributed by atoms with Gasteiger partial charge in [-0.25, -0.2) is 18.2 Å². The first-order chi connectivity index (χ1) is 22.3. The molecule has 9 nitrogen and oxygen atoms in total. The van der Waals surface area contributed by atoms with Gasteiger partial charge in [0.25, 0.3) is 5.91 Å². The lowest BCUT2D eigenvalue weighted by molar-refractivity contribution is -0.131. The van der Waals surface area contributed by atoms with Gasteiger partial charge in [0.05, 0.1) is 35.2 Å². The van der Waals surface area contributed by atoms with Gasteiger partial charge in [-0.3, -0.25) is 9.69 Å². The quantitative estimate of drug-likeness (QED) is 0.253. The monoisotopic (exact) mass is 627 g/mol. The van der Waals surface area contributed by atoms with Crippen LogP contribution in [0.25, 0.3) is 33.1 Å². The maximum Gasteiger partial charge on any atom is 0.320 e. The molecule has 3 aliphatic heterocycles. The number of carbonyl (C=O) groups is 1. The van der Waals surface area contributed by atoms with Crippen molar-refractivity contribution >= 4 is 33.5 Å². The van der Waals surface area contributed by atoms with Gasteiger partial charge in [-0.15, -0.1) is 0 Å². The number of alkyl halides is 1. The summed E-state index contributed by atoms with van der Waals surface area (Å²) in [5, 5.41) is 11.3. The van der Waals surface area contributed by atoms with E-state index in [-0.39, 0.29) is 37.9 Å². The second-order valence-electron chi connectivity index (χ2n) is 12.3. The fourth-order valence-corrected chi connectivity index (χ4v) is 7.34. The minimum Gasteiger partial charge on any atom is -0.461 e. The normalized spacial score (nSPS) is 23.1. The predicted octanol–water partition coefficient (Wildman–Crippen LogP) is 5.35. The number of aromatic nitrogens is 3. The van der Waals surface area contributed by atoms with Crippen LogP contribution < -0.4 is 9.64 Å². The highest BCUT2D eigenvalue weighted by Crippen LogP contribution is 2.41. The van der Waals surface area contributed by atoms with E-state index in [0.29, 0.717) is 53.0 Å². The summed E-state index contributed by atoms with van der Waals surface area (Å²) in [6, 6.07) is 15.6. The van der Waals surface area contributed by atoms with Crippen LogP contribution in [0.2, 0.25) is 0 Å². The van der Waals surface area contributed by atoms with Crippen LogP contribution >= 0.6 is 0 Å². The van der Waals surface area contributed by atoms with Crippen LogP contribution in [0.1, 0.15) is 25.7 Å². The maximum absolute atomic E-state index is 15.0. The zero-order valence-corrected chi connectivity index (χ0v) is 25.1. The highest BCUT2D eigenvalue weighted by molar-refractivity contribution is 5.98. The molecule has 3 fully saturated rings. The van der Waals surface area contributed by atoms with Crippen molar-refractivity contribution < 1.29 is 22.7 Å². The first-order valence-corrected chi connectivity index (χ1v) is 15.4. The molecule has 0 unspecified atom stereocenters. The summed E-state index contributed by atoms with van der Waals surface area (Å²) in [7, 11) is 0. The van der Waals surface area contributed by atoms with Crippen LogP contribution in [-0.4, -0.2) is 87.7 Å². The molecule has 46 heavy (non-hydrogen) atoms. The number of piperazine rings is 1. The molecule has 0 bridgehead atoms. The minimum atomic E-state index is -1.08. The predicted molar refractivity (Wildman–Crippen MR) is 167 cm³/mol. The number of ether oxygens (including phenoxy) is 1. The van der Waals surface area contributed by atoms with E-state index in [9.17, 15) is 18.8 Å². The van der Waals surface area contributed by atoms with Gasteiger partial charge in [0.2, 0.25) is 0 Å². The van der Waals surface area contributed by atoms with Gasteiger partial charge in [-0.1, -0.05) is 36.9 Å². The number of fused-ring (bicyclic) bond motifs is 3. The van der Waals surface area contributed by atoms with Gasteiger partial charge in [-0.2, -0.15) is 15.2 Å². The fourth-order valence-electron chi connectivity index (χ4n) is 7.34. The average molecular weight is 628 g/mol. The molecule has 3 saturated heterocycles. The van der Waals surface area contributed by atoms with Crippen molar-refractivity contribution in [2.24, 2.45) is 0 Å². The van der Waals surface area contributed by atoms with E-state index in [0.717, 1.165) is 24.8 Å². The molecule has 4 aromatic rings. The topological polar surface area (TPSA) is 98.5 Å². The Balaban J connectivity index is 1.29. The van der Waals surface area contributed by atoms with Crippen LogP contribution in [0.5, 0.6) is 6.01 Å². The number of anilines is 1. The summed E-state index contributed by atoms with van der Waals surface area (Å²) in [6.07, 6.45) is 1.22. The van der Waals surface area contributed by atoms with Gasteiger partial charge in [0.15, 0.2) is 11.5 Å². The van der Waals surface area contributed by atoms with Crippen molar-refractivity contribution in [1.82, 2.24) is 24.8 Å². The molecule has 3 aliphatic rings. The van der Waals surface area contributed by atoms with Crippen molar-refractivity contribution in [2.75, 3.05) is 44.2 Å². The lowest BCUT2D eigenvalue weighted by Gasteiger charge is -2.41. The Kier molecular flexibility index (Phi) is 7.72. The van der Waals surface area contributed by atoms with Gasteiger partial charge >= 0.3 is 6.01 Å². The number of amides is 1. The largest absolute Gasteiger partial charge is 0.461 e. The lowest BCUT2D eigenvalue weighted by Crippen LogP contribution is -2.55. The lowest BCUT2D eigenvalue weighted by atomic mass is 9.95. The number of hydrogen-bond acceptors (Lipinski definition) is 8. The first-order valence-electron chi connectivity index (χ1n) is 15.4. The molecular weight excluding hydrogens is 595 g/mol. The number of nitrogens with zero attached hydrogens (tertiary/aromatic N) is 7. The van der Waals surface area contributed by atoms with E-state index in [1.54, 1.807) is 12.1 Å². The Morgan fingerprint density at radius 1 is 1.09 bits per heavy atom. The van der Waals surface area contributed by atoms with Crippen LogP contribution in [0.3, 0.4) is 0 Å². The third-order valence-corrected chi connectivity index (χ3v) is 9.48. The zero-order valence-electron chi connectivity index (χ0n) is 25.1. The van der Waals surface area contributed by atoms with E-state index in [2.05, 4.69) is 22.5 Å². The van der Waals surface area contributed by atoms with Gasteiger partial charge in [0.1, 0.15) is 24.4 Å². The standard InChI is InChI=1S/C34H32F3N7O2/c1-21(35)32(45)44-16-15-42(19-24(44)11-13-38)31-26-9-10-28(25-7-2-5-22-6-3-8-27(37)29(22)25)39-30(26)40-33(41-31)46-20-34-12-4-14-43(34)18-23(36)17-34/h2-3,5-10,23-24H,1,4,11-12,14-20H2/t23-,24+,34+/m1/s1. The Hall–Kier alpha value is -4.76. The molecule has 7 rings (SSSR count). The molecule has 0 spiro atoms. The van der Waals surface area contributed by atoms with Gasteiger partial charge in [0, 0.05) is 43.5 Å². The number of nitriles is 1. The Morgan fingerprint density at radius 2 is 1.91 bits per heavy atom. The highest BCUT2D eigenvalue weighted by atomic mass is 19.1. The number of rotatable bonds is 7. The van der Waals surface area contributed by atoms with E-state index in [1.807, 2.05) is 35.2 Å². The maximum atomic E-state index is 15.0. The number of carbonyl (C=O) groups excluding carboxylic acids is 1. The SMILES string of the molecule is C=C(F)C(=O)N1CCN(c2nc(OC[C@@]34CCCN3C[C@H](F)C4)nc3nc(-c4cccc5cccc(F)c45)ccc23)C[C@@H]1CC#N. The first kappa shape index (κ1) is 29.9. The van der Waals surface area contributed by atoms with Crippen molar-refractivity contribution in [2.45, 2.75) is 43.4 Å². The Morgan fingerprint density at radius 3 is 2.72 bits per heavy atom. The van der Waals surface area contributed by atoms with Crippen LogP contribution in [0.15, 0.2) is 60.9 Å². The summed E-state index contributed by atoms with van der Waals surface area (Å²) in [5.41, 5.74) is 1.00. The van der Waals surface area contributed by atoms with E-state index >= 15 is 4.39 Å². The van der Waals surface area contributed by atoms with E-state index in [1.165, 1.54) is 11.0 Å². The fraction of sp³-hybridized carbons (Fsp3) is 0.382. The molecule has 0 N–H and O–H groups in total. The molecule has 0 aliphatic carbocycles. The van der Waals surface area contributed by atoms with Crippen molar-refractivity contribution in [3.8, 4) is 23.3 Å². The number of hydrogen-bond donors (Lipinski definition) is 0. The van der Waals surface area contributed by atoms with Gasteiger partial charge in [-0.05, 0) is 43.0 Å². The minimum absolute atomic E-state index is 0.0142. The van der Waals surface area contributed by atoms with Crippen molar-refractivity contribution in [3.05, 3.63) is 66.8 Å². The molecule has 0 radical (unpaired) electrons. The van der Waals surface area contributed by atoms with Gasteiger partial charge < -0.3 is 14.5 Å². The zero-order chi connectivity index (χ0) is 32.0. The molecule has 5 heterocycles. The smallest absolute Gasteiger partial charge is 0.320 e. The number of halogens is 3. The molecule has 236 valence electrons. The summed E-state index contributed by atoms with van der Waals surface area (Å²) in [6.45, 7) is 5.20. The molecule has 3 atom stereocenters. The summed E-state index contributed by atoms with van der Waals surface area (Å²) < 4.78 is 49.6. The van der Waals surface area contributed by atoms with E-state index in [4.69, 9.17) is 14.7 Å². The molecule has 0 saturated carbocycles. The molecule has 12 heteroatoms. The number of pyridine rings is 1. The number of benzene rings is 2. The third-order valence-electron chi connectivity index (χ3n) is 9.48. The summed E-state index contributed by atoms with van der Waals surface area (Å²) >= 11 is 0. The summed E-state index contributed by atoms with van der Waals surface area (Å²) in [5.74, 6) is -1.80. The van der Waals surface area contributed by atoms with Crippen LogP contribution in [0.4, 0.5) is 19.0 Å². The second kappa shape index (κ2) is 11.9. The molecular formula is C34H32F3N7O2. The van der Waals surface area contributed by atoms with Crippen LogP contribution in [0, 0.1) is 17.1 Å². The van der Waals surface area contributed by atoms with E-state index < -0.39 is 29.5 Å². The Labute approximate surface area is 263 Å². The van der Waals surface area contributed by atoms with Crippen molar-refractivity contribution in [3.63, 3.8) is 0 Å². The summed E-state index contributed by atoms with van der Waals surface area (Å²) in [4.78, 5) is 32.2. The second-order valence-corrected chi connectivity index (χ2v) is 12.3. The Bertz CT molecular complexity index is 1890. The highest BCUT2D eigenvalue weighted by Gasteiger charge is 2.49. The average Bonchev–Trinajstić information content (AvgIpc) is 3.58. The third kappa shape index (κ3) is 5.28.